The smallest absolute Gasteiger partial charge is 0.183 e. The highest BCUT2D eigenvalue weighted by atomic mass is 16.4. The zero-order valence-electron chi connectivity index (χ0n) is 9.79. The lowest BCUT2D eigenvalue weighted by Gasteiger charge is -2.21. The number of hydrogen-bond donors (Lipinski definition) is 1. The van der Waals surface area contributed by atoms with E-state index in [0.717, 1.165) is 12.8 Å². The first-order chi connectivity index (χ1) is 6.34. The number of carbonyl (C=O) groups excluding carboxylic acids is 1. The van der Waals surface area contributed by atoms with Gasteiger partial charge >= 0.3 is 0 Å². The van der Waals surface area contributed by atoms with Crippen LogP contribution in [0.2, 0.25) is 0 Å². The van der Waals surface area contributed by atoms with E-state index in [1.54, 1.807) is 0 Å². The number of hydrogen-bond acceptors (Lipinski definition) is 3. The van der Waals surface area contributed by atoms with Crippen molar-refractivity contribution in [3.05, 3.63) is 0 Å². The third-order valence-corrected chi connectivity index (χ3v) is 2.21. The average Bonchev–Trinajstić information content (AvgIpc) is 2.03. The first-order valence-corrected chi connectivity index (χ1v) is 5.11. The summed E-state index contributed by atoms with van der Waals surface area (Å²) in [5.74, 6) is -0.0908. The lowest BCUT2D eigenvalue weighted by molar-refractivity contribution is -0.116. The monoisotopic (exact) mass is 199 g/mol. The molecule has 0 saturated heterocycles. The fourth-order valence-electron chi connectivity index (χ4n) is 1.37. The molecule has 0 aromatic rings. The van der Waals surface area contributed by atoms with Gasteiger partial charge in [-0.3, -0.25) is 4.79 Å². The van der Waals surface area contributed by atoms with Crippen LogP contribution in [0.4, 0.5) is 0 Å². The predicted octanol–water partition coefficient (Wildman–Crippen LogP) is 2.87. The molecular formula is C11H21NO2. The summed E-state index contributed by atoms with van der Waals surface area (Å²) in [4.78, 5) is 11.8. The summed E-state index contributed by atoms with van der Waals surface area (Å²) in [6.45, 7) is 9.54. The Morgan fingerprint density at radius 3 is 2.21 bits per heavy atom. The minimum atomic E-state index is -0.381. The van der Waals surface area contributed by atoms with Crippen molar-refractivity contribution in [1.82, 2.24) is 0 Å². The maximum absolute atomic E-state index is 11.8. The Kier molecular flexibility index (Phi) is 4.81. The molecular weight excluding hydrogens is 178 g/mol. The number of rotatable bonds is 4. The number of ketones is 1. The first kappa shape index (κ1) is 13.1. The van der Waals surface area contributed by atoms with Crippen LogP contribution in [-0.2, 0) is 4.79 Å². The van der Waals surface area contributed by atoms with Gasteiger partial charge in [0, 0.05) is 11.3 Å². The maximum atomic E-state index is 11.8. The molecule has 1 atom stereocenters. The quantitative estimate of drug-likeness (QED) is 0.430. The van der Waals surface area contributed by atoms with Gasteiger partial charge in [0.25, 0.3) is 0 Å². The van der Waals surface area contributed by atoms with Crippen molar-refractivity contribution in [2.75, 3.05) is 0 Å². The zero-order valence-corrected chi connectivity index (χ0v) is 9.79. The second-order valence-electron chi connectivity index (χ2n) is 4.75. The SMILES string of the molecule is CCCC(C)C(=O)C(=NO)C(C)(C)C. The van der Waals surface area contributed by atoms with Crippen LogP contribution in [0.3, 0.4) is 0 Å². The molecule has 0 fully saturated rings. The largest absolute Gasteiger partial charge is 0.411 e. The fourth-order valence-corrected chi connectivity index (χ4v) is 1.37. The van der Waals surface area contributed by atoms with E-state index in [0.29, 0.717) is 0 Å². The molecule has 0 aliphatic carbocycles. The van der Waals surface area contributed by atoms with Crippen LogP contribution < -0.4 is 0 Å². The van der Waals surface area contributed by atoms with Crippen molar-refractivity contribution < 1.29 is 10.0 Å². The summed E-state index contributed by atoms with van der Waals surface area (Å²) in [5.41, 5.74) is -0.105. The third-order valence-electron chi connectivity index (χ3n) is 2.21. The third kappa shape index (κ3) is 3.48. The second kappa shape index (κ2) is 5.13. The molecule has 0 rings (SSSR count). The molecule has 3 nitrogen and oxygen atoms in total. The zero-order chi connectivity index (χ0) is 11.4. The molecule has 14 heavy (non-hydrogen) atoms. The first-order valence-electron chi connectivity index (χ1n) is 5.11. The maximum Gasteiger partial charge on any atom is 0.183 e. The Hall–Kier alpha value is -0.860. The van der Waals surface area contributed by atoms with Gasteiger partial charge < -0.3 is 5.21 Å². The van der Waals surface area contributed by atoms with Gasteiger partial charge in [0.1, 0.15) is 5.71 Å². The van der Waals surface area contributed by atoms with Gasteiger partial charge in [-0.1, -0.05) is 46.2 Å². The summed E-state index contributed by atoms with van der Waals surface area (Å²) in [6.07, 6.45) is 1.81. The van der Waals surface area contributed by atoms with E-state index in [-0.39, 0.29) is 22.8 Å². The molecule has 0 aliphatic heterocycles. The number of carbonyl (C=O) groups is 1. The topological polar surface area (TPSA) is 49.7 Å². The van der Waals surface area contributed by atoms with Crippen molar-refractivity contribution in [3.8, 4) is 0 Å². The van der Waals surface area contributed by atoms with Crippen molar-refractivity contribution in [2.45, 2.75) is 47.5 Å². The van der Waals surface area contributed by atoms with E-state index < -0.39 is 0 Å². The van der Waals surface area contributed by atoms with Gasteiger partial charge in [-0.25, -0.2) is 0 Å². The van der Waals surface area contributed by atoms with Gasteiger partial charge in [-0.05, 0) is 6.42 Å². The number of Topliss-reactive ketones (excluding diaryl/α,β-unsaturated/α-hetero) is 1. The second-order valence-corrected chi connectivity index (χ2v) is 4.75. The van der Waals surface area contributed by atoms with Gasteiger partial charge in [0.15, 0.2) is 5.78 Å². The van der Waals surface area contributed by atoms with Gasteiger partial charge in [0.05, 0.1) is 0 Å². The Balaban J connectivity index is 4.66. The Morgan fingerprint density at radius 1 is 1.43 bits per heavy atom. The summed E-state index contributed by atoms with van der Waals surface area (Å²) < 4.78 is 0. The van der Waals surface area contributed by atoms with Crippen LogP contribution in [0.15, 0.2) is 5.16 Å². The van der Waals surface area contributed by atoms with E-state index in [9.17, 15) is 4.79 Å². The van der Waals surface area contributed by atoms with Crippen molar-refractivity contribution in [2.24, 2.45) is 16.5 Å². The van der Waals surface area contributed by atoms with E-state index >= 15 is 0 Å². The molecule has 0 amide bonds. The van der Waals surface area contributed by atoms with Crippen LogP contribution in [0.1, 0.15) is 47.5 Å². The van der Waals surface area contributed by atoms with Crippen LogP contribution >= 0.6 is 0 Å². The van der Waals surface area contributed by atoms with Crippen molar-refractivity contribution in [3.63, 3.8) is 0 Å². The van der Waals surface area contributed by atoms with Crippen LogP contribution in [0.5, 0.6) is 0 Å². The molecule has 0 bridgehead atoms. The normalized spacial score (nSPS) is 15.4. The molecule has 0 spiro atoms. The van der Waals surface area contributed by atoms with Crippen LogP contribution in [-0.4, -0.2) is 16.7 Å². The van der Waals surface area contributed by atoms with Crippen LogP contribution in [0.25, 0.3) is 0 Å². The van der Waals surface area contributed by atoms with Crippen LogP contribution in [0, 0.1) is 11.3 Å². The summed E-state index contributed by atoms with van der Waals surface area (Å²) in [6, 6.07) is 0. The predicted molar refractivity (Wildman–Crippen MR) is 57.8 cm³/mol. The molecule has 0 aliphatic rings. The van der Waals surface area contributed by atoms with Crippen molar-refractivity contribution >= 4 is 11.5 Å². The lowest BCUT2D eigenvalue weighted by Crippen LogP contribution is -2.32. The van der Waals surface area contributed by atoms with Crippen molar-refractivity contribution in [1.29, 1.82) is 0 Å². The average molecular weight is 199 g/mol. The molecule has 0 heterocycles. The fraction of sp³-hybridized carbons (Fsp3) is 0.818. The van der Waals surface area contributed by atoms with E-state index in [1.807, 2.05) is 34.6 Å². The molecule has 0 aromatic carbocycles. The van der Waals surface area contributed by atoms with E-state index in [2.05, 4.69) is 5.16 Å². The molecule has 1 unspecified atom stereocenters. The number of nitrogens with zero attached hydrogens (tertiary/aromatic N) is 1. The van der Waals surface area contributed by atoms with E-state index in [1.165, 1.54) is 0 Å². The highest BCUT2D eigenvalue weighted by Crippen LogP contribution is 2.20. The number of oxime groups is 1. The molecule has 0 saturated carbocycles. The highest BCUT2D eigenvalue weighted by molar-refractivity contribution is 6.42. The Labute approximate surface area is 86.2 Å². The molecule has 82 valence electrons. The van der Waals surface area contributed by atoms with Gasteiger partial charge in [-0.2, -0.15) is 0 Å². The molecule has 0 radical (unpaired) electrons. The molecule has 3 heteroatoms. The van der Waals surface area contributed by atoms with Gasteiger partial charge in [0.2, 0.25) is 0 Å². The molecule has 1 N–H and O–H groups in total. The molecule has 0 aromatic heterocycles. The van der Waals surface area contributed by atoms with E-state index in [4.69, 9.17) is 5.21 Å². The van der Waals surface area contributed by atoms with Gasteiger partial charge in [-0.15, -0.1) is 0 Å². The lowest BCUT2D eigenvalue weighted by atomic mass is 9.83. The summed E-state index contributed by atoms with van der Waals surface area (Å²) in [5, 5.41) is 11.9. The summed E-state index contributed by atoms with van der Waals surface area (Å²) >= 11 is 0. The highest BCUT2D eigenvalue weighted by Gasteiger charge is 2.29. The Bertz CT molecular complexity index is 226. The minimum absolute atomic E-state index is 0.0400. The summed E-state index contributed by atoms with van der Waals surface area (Å²) in [7, 11) is 0. The minimum Gasteiger partial charge on any atom is -0.411 e. The Morgan fingerprint density at radius 2 is 1.93 bits per heavy atom. The standard InChI is InChI=1S/C11H21NO2/c1-6-7-8(2)9(13)10(12-14)11(3,4)5/h8,14H,6-7H2,1-5H3.